The van der Waals surface area contributed by atoms with Crippen molar-refractivity contribution in [2.24, 2.45) is 0 Å². The smallest absolute Gasteiger partial charge is 0.224 e. The van der Waals surface area contributed by atoms with Crippen molar-refractivity contribution in [3.8, 4) is 0 Å². The van der Waals surface area contributed by atoms with E-state index in [0.29, 0.717) is 6.42 Å². The summed E-state index contributed by atoms with van der Waals surface area (Å²) in [7, 11) is 0. The van der Waals surface area contributed by atoms with E-state index >= 15 is 0 Å². The molecule has 1 amide bonds. The highest BCUT2D eigenvalue weighted by Crippen LogP contribution is 2.15. The number of aliphatic hydroxyl groups excluding tert-OH is 2. The van der Waals surface area contributed by atoms with Crippen molar-refractivity contribution in [1.82, 2.24) is 0 Å². The summed E-state index contributed by atoms with van der Waals surface area (Å²) in [4.78, 5) is 11.6. The van der Waals surface area contributed by atoms with Gasteiger partial charge in [-0.05, 0) is 24.6 Å². The molecule has 0 heterocycles. The Morgan fingerprint density at radius 2 is 2.11 bits per heavy atom. The topological polar surface area (TPSA) is 81.6 Å². The van der Waals surface area contributed by atoms with Crippen LogP contribution < -0.4 is 10.6 Å². The van der Waals surface area contributed by atoms with Gasteiger partial charge in [-0.3, -0.25) is 4.79 Å². The zero-order valence-electron chi connectivity index (χ0n) is 11.2. The molecule has 4 N–H and O–H groups in total. The van der Waals surface area contributed by atoms with Crippen molar-refractivity contribution in [3.05, 3.63) is 24.3 Å². The van der Waals surface area contributed by atoms with Crippen LogP contribution in [0.15, 0.2) is 24.3 Å². The number of unbranched alkanes of at least 4 members (excludes halogenated alkanes) is 1. The Bertz CT molecular complexity index is 396. The summed E-state index contributed by atoms with van der Waals surface area (Å²) in [5, 5.41) is 23.8. The van der Waals surface area contributed by atoms with Gasteiger partial charge in [0.1, 0.15) is 0 Å². The van der Waals surface area contributed by atoms with Gasteiger partial charge in [-0.2, -0.15) is 0 Å². The molecule has 19 heavy (non-hydrogen) atoms. The Balaban J connectivity index is 2.49. The van der Waals surface area contributed by atoms with Gasteiger partial charge in [-0.1, -0.05) is 19.4 Å². The third-order valence-electron chi connectivity index (χ3n) is 2.66. The second-order valence-corrected chi connectivity index (χ2v) is 4.45. The second kappa shape index (κ2) is 8.50. The third kappa shape index (κ3) is 6.22. The van der Waals surface area contributed by atoms with Crippen molar-refractivity contribution >= 4 is 17.3 Å². The highest BCUT2D eigenvalue weighted by atomic mass is 16.3. The number of hydrogen-bond donors (Lipinski definition) is 4. The van der Waals surface area contributed by atoms with Crippen LogP contribution in [0.3, 0.4) is 0 Å². The van der Waals surface area contributed by atoms with Crippen LogP contribution in [0.1, 0.15) is 26.2 Å². The monoisotopic (exact) mass is 266 g/mol. The lowest BCUT2D eigenvalue weighted by Crippen LogP contribution is -2.23. The summed E-state index contributed by atoms with van der Waals surface area (Å²) in [5.74, 6) is 0.00870. The lowest BCUT2D eigenvalue weighted by atomic mass is 10.2. The third-order valence-corrected chi connectivity index (χ3v) is 2.66. The first-order chi connectivity index (χ1) is 9.15. The van der Waals surface area contributed by atoms with Gasteiger partial charge >= 0.3 is 0 Å². The number of aliphatic hydroxyl groups is 2. The van der Waals surface area contributed by atoms with E-state index in [1.54, 1.807) is 6.07 Å². The van der Waals surface area contributed by atoms with E-state index in [-0.39, 0.29) is 19.1 Å². The Morgan fingerprint density at radius 3 is 2.79 bits per heavy atom. The van der Waals surface area contributed by atoms with Gasteiger partial charge in [0.2, 0.25) is 5.91 Å². The van der Waals surface area contributed by atoms with Crippen LogP contribution in [0.25, 0.3) is 0 Å². The second-order valence-electron chi connectivity index (χ2n) is 4.45. The van der Waals surface area contributed by atoms with E-state index in [1.807, 2.05) is 25.1 Å². The predicted molar refractivity (Wildman–Crippen MR) is 76.2 cm³/mol. The van der Waals surface area contributed by atoms with E-state index in [0.717, 1.165) is 24.2 Å². The lowest BCUT2D eigenvalue weighted by Gasteiger charge is -2.11. The molecule has 0 aromatic heterocycles. The number of hydrogen-bond acceptors (Lipinski definition) is 4. The molecule has 106 valence electrons. The summed E-state index contributed by atoms with van der Waals surface area (Å²) in [6.45, 7) is 2.04. The molecule has 1 aromatic carbocycles. The van der Waals surface area contributed by atoms with E-state index in [9.17, 15) is 9.90 Å². The SMILES string of the molecule is CCCCC(=O)Nc1cccc(NCC(O)CO)c1. The van der Waals surface area contributed by atoms with Crippen LogP contribution in [0.5, 0.6) is 0 Å². The molecule has 0 bridgehead atoms. The van der Waals surface area contributed by atoms with Crippen LogP contribution in [0.4, 0.5) is 11.4 Å². The maximum atomic E-state index is 11.6. The van der Waals surface area contributed by atoms with Crippen LogP contribution in [0.2, 0.25) is 0 Å². The molecule has 0 aliphatic carbocycles. The number of rotatable bonds is 8. The highest BCUT2D eigenvalue weighted by Gasteiger charge is 2.04. The number of amides is 1. The van der Waals surface area contributed by atoms with Crippen molar-refractivity contribution in [2.75, 3.05) is 23.8 Å². The van der Waals surface area contributed by atoms with Gasteiger partial charge in [0, 0.05) is 24.3 Å². The molecule has 5 heteroatoms. The first kappa shape index (κ1) is 15.5. The fourth-order valence-electron chi connectivity index (χ4n) is 1.57. The Hall–Kier alpha value is -1.59. The largest absolute Gasteiger partial charge is 0.394 e. The number of nitrogens with one attached hydrogen (secondary N) is 2. The Kier molecular flexibility index (Phi) is 6.92. The van der Waals surface area contributed by atoms with Crippen molar-refractivity contribution in [3.63, 3.8) is 0 Å². The Morgan fingerprint density at radius 1 is 1.37 bits per heavy atom. The molecule has 1 atom stereocenters. The maximum Gasteiger partial charge on any atom is 0.224 e. The minimum Gasteiger partial charge on any atom is -0.394 e. The molecule has 0 spiro atoms. The molecule has 0 aliphatic rings. The van der Waals surface area contributed by atoms with Gasteiger partial charge in [0.25, 0.3) is 0 Å². The standard InChI is InChI=1S/C14H22N2O3/c1-2-3-7-14(19)16-12-6-4-5-11(8-12)15-9-13(18)10-17/h4-6,8,13,15,17-18H,2-3,7,9-10H2,1H3,(H,16,19). The van der Waals surface area contributed by atoms with Crippen LogP contribution in [-0.2, 0) is 4.79 Å². The minimum atomic E-state index is -0.789. The molecule has 0 saturated carbocycles. The average molecular weight is 266 g/mol. The van der Waals surface area contributed by atoms with Crippen LogP contribution >= 0.6 is 0 Å². The molecule has 0 aliphatic heterocycles. The summed E-state index contributed by atoms with van der Waals surface area (Å²) >= 11 is 0. The molecule has 0 fully saturated rings. The van der Waals surface area contributed by atoms with Gasteiger partial charge in [0.05, 0.1) is 12.7 Å². The van der Waals surface area contributed by atoms with E-state index < -0.39 is 6.10 Å². The highest BCUT2D eigenvalue weighted by molar-refractivity contribution is 5.91. The molecule has 5 nitrogen and oxygen atoms in total. The fourth-order valence-corrected chi connectivity index (χ4v) is 1.57. The molecule has 1 aromatic rings. The first-order valence-corrected chi connectivity index (χ1v) is 6.58. The molecule has 0 radical (unpaired) electrons. The zero-order chi connectivity index (χ0) is 14.1. The average Bonchev–Trinajstić information content (AvgIpc) is 2.43. The van der Waals surface area contributed by atoms with Gasteiger partial charge in [0.15, 0.2) is 0 Å². The summed E-state index contributed by atoms with van der Waals surface area (Å²) < 4.78 is 0. The molecule has 0 saturated heterocycles. The zero-order valence-corrected chi connectivity index (χ0v) is 11.2. The van der Waals surface area contributed by atoms with E-state index in [2.05, 4.69) is 10.6 Å². The van der Waals surface area contributed by atoms with E-state index in [4.69, 9.17) is 5.11 Å². The molecule has 1 unspecified atom stereocenters. The van der Waals surface area contributed by atoms with Gasteiger partial charge < -0.3 is 20.8 Å². The minimum absolute atomic E-state index is 0.00870. The normalized spacial score (nSPS) is 11.9. The lowest BCUT2D eigenvalue weighted by molar-refractivity contribution is -0.116. The molecular weight excluding hydrogens is 244 g/mol. The summed E-state index contributed by atoms with van der Waals surface area (Å²) in [6.07, 6.45) is 1.61. The van der Waals surface area contributed by atoms with Gasteiger partial charge in [-0.25, -0.2) is 0 Å². The van der Waals surface area contributed by atoms with E-state index in [1.165, 1.54) is 0 Å². The summed E-state index contributed by atoms with van der Waals surface area (Å²) in [5.41, 5.74) is 1.52. The number of carbonyl (C=O) groups is 1. The Labute approximate surface area is 113 Å². The van der Waals surface area contributed by atoms with Crippen molar-refractivity contribution in [1.29, 1.82) is 0 Å². The number of benzene rings is 1. The van der Waals surface area contributed by atoms with Crippen molar-refractivity contribution in [2.45, 2.75) is 32.3 Å². The van der Waals surface area contributed by atoms with Crippen molar-refractivity contribution < 1.29 is 15.0 Å². The van der Waals surface area contributed by atoms with Crippen LogP contribution in [0, 0.1) is 0 Å². The fraction of sp³-hybridized carbons (Fsp3) is 0.500. The maximum absolute atomic E-state index is 11.6. The number of carbonyl (C=O) groups excluding carboxylic acids is 1. The first-order valence-electron chi connectivity index (χ1n) is 6.58. The predicted octanol–water partition coefficient (Wildman–Crippen LogP) is 1.58. The molecule has 1 rings (SSSR count). The summed E-state index contributed by atoms with van der Waals surface area (Å²) in [6, 6.07) is 7.28. The van der Waals surface area contributed by atoms with Gasteiger partial charge in [-0.15, -0.1) is 0 Å². The van der Waals surface area contributed by atoms with Crippen LogP contribution in [-0.4, -0.2) is 35.4 Å². The molecular formula is C14H22N2O3. The quantitative estimate of drug-likeness (QED) is 0.576. The number of anilines is 2.